The monoisotopic (exact) mass is 335 g/mol. The molecule has 16 heavy (non-hydrogen) atoms. The molecule has 3 heteroatoms. The van der Waals surface area contributed by atoms with Crippen LogP contribution in [0.4, 0.5) is 0 Å². The number of halogens is 1. The topological polar surface area (TPSA) is 25.2 Å². The largest absolute Gasteiger partial charge is 0.454 e. The fourth-order valence-corrected chi connectivity index (χ4v) is 2.62. The van der Waals surface area contributed by atoms with Crippen LogP contribution in [0.2, 0.25) is 0 Å². The van der Waals surface area contributed by atoms with Crippen molar-refractivity contribution in [1.82, 2.24) is 5.32 Å². The molecule has 0 fully saturated rings. The maximum absolute atomic E-state index is 5.53. The molecule has 0 spiro atoms. The fourth-order valence-electron chi connectivity index (χ4n) is 2.16. The van der Waals surface area contributed by atoms with Gasteiger partial charge in [0.15, 0.2) is 3.77 Å². The molecule has 0 radical (unpaired) electrons. The Labute approximate surface area is 112 Å². The van der Waals surface area contributed by atoms with E-state index >= 15 is 0 Å². The van der Waals surface area contributed by atoms with E-state index in [4.69, 9.17) is 4.42 Å². The molecule has 0 saturated carbocycles. The van der Waals surface area contributed by atoms with Gasteiger partial charge in [-0.15, -0.1) is 0 Å². The molecule has 0 bridgehead atoms. The van der Waals surface area contributed by atoms with E-state index in [-0.39, 0.29) is 5.54 Å². The minimum Gasteiger partial charge on any atom is -0.454 e. The highest BCUT2D eigenvalue weighted by Gasteiger charge is 2.24. The van der Waals surface area contributed by atoms with Crippen LogP contribution in [0.1, 0.15) is 46.8 Å². The third-order valence-electron chi connectivity index (χ3n) is 2.34. The van der Waals surface area contributed by atoms with E-state index in [2.05, 4.69) is 62.5 Å². The lowest BCUT2D eigenvalue weighted by molar-refractivity contribution is 0.235. The molecule has 0 aromatic carbocycles. The number of hydrogen-bond acceptors (Lipinski definition) is 2. The van der Waals surface area contributed by atoms with Gasteiger partial charge in [0.1, 0.15) is 5.76 Å². The molecule has 92 valence electrons. The van der Waals surface area contributed by atoms with Crippen LogP contribution in [0, 0.1) is 9.18 Å². The van der Waals surface area contributed by atoms with E-state index in [0.717, 1.165) is 22.5 Å². The lowest BCUT2D eigenvalue weighted by Gasteiger charge is -2.33. The van der Waals surface area contributed by atoms with E-state index in [1.165, 1.54) is 0 Å². The quantitative estimate of drug-likeness (QED) is 0.835. The van der Waals surface area contributed by atoms with Gasteiger partial charge in [0, 0.05) is 5.54 Å². The predicted octanol–water partition coefficient (Wildman–Crippen LogP) is 4.19. The van der Waals surface area contributed by atoms with E-state index in [0.29, 0.717) is 5.41 Å². The summed E-state index contributed by atoms with van der Waals surface area (Å²) < 4.78 is 6.48. The third kappa shape index (κ3) is 5.34. The van der Waals surface area contributed by atoms with Gasteiger partial charge in [0.2, 0.25) is 0 Å². The minimum absolute atomic E-state index is 0.135. The van der Waals surface area contributed by atoms with Crippen molar-refractivity contribution in [2.75, 3.05) is 0 Å². The Morgan fingerprint density at radius 1 is 1.19 bits per heavy atom. The van der Waals surface area contributed by atoms with Crippen molar-refractivity contribution in [3.8, 4) is 0 Å². The minimum atomic E-state index is 0.135. The molecule has 0 atom stereocenters. The molecule has 1 aromatic rings. The van der Waals surface area contributed by atoms with Gasteiger partial charge in [-0.3, -0.25) is 0 Å². The molecule has 0 saturated heterocycles. The van der Waals surface area contributed by atoms with Gasteiger partial charge >= 0.3 is 0 Å². The number of hydrogen-bond donors (Lipinski definition) is 1. The SMILES string of the molecule is CC(C)(C)CC(C)(C)NCc1ccc(I)o1. The van der Waals surface area contributed by atoms with Crippen LogP contribution >= 0.6 is 22.6 Å². The Balaban J connectivity index is 2.47. The number of furan rings is 1. The molecule has 0 unspecified atom stereocenters. The summed E-state index contributed by atoms with van der Waals surface area (Å²) in [5.41, 5.74) is 0.477. The summed E-state index contributed by atoms with van der Waals surface area (Å²) in [5.74, 6) is 1.01. The molecule has 1 rings (SSSR count). The second-order valence-corrected chi connectivity index (χ2v) is 7.24. The van der Waals surface area contributed by atoms with Crippen molar-refractivity contribution in [2.45, 2.75) is 53.1 Å². The summed E-state index contributed by atoms with van der Waals surface area (Å²) in [4.78, 5) is 0. The van der Waals surface area contributed by atoms with Crippen LogP contribution in [0.3, 0.4) is 0 Å². The maximum Gasteiger partial charge on any atom is 0.164 e. The fraction of sp³-hybridized carbons (Fsp3) is 0.692. The van der Waals surface area contributed by atoms with Gasteiger partial charge < -0.3 is 9.73 Å². The average Bonchev–Trinajstić information content (AvgIpc) is 2.44. The zero-order valence-electron chi connectivity index (χ0n) is 10.9. The van der Waals surface area contributed by atoms with Gasteiger partial charge in [-0.05, 0) is 60.4 Å². The first kappa shape index (κ1) is 14.0. The highest BCUT2D eigenvalue weighted by molar-refractivity contribution is 14.1. The Morgan fingerprint density at radius 3 is 2.25 bits per heavy atom. The normalized spacial score (nSPS) is 13.1. The number of nitrogens with one attached hydrogen (secondary N) is 1. The first-order chi connectivity index (χ1) is 7.18. The molecule has 0 aliphatic rings. The Kier molecular flexibility index (Phi) is 4.46. The molecule has 0 aliphatic heterocycles. The summed E-state index contributed by atoms with van der Waals surface area (Å²) in [6, 6.07) is 4.02. The predicted molar refractivity (Wildman–Crippen MR) is 76.4 cm³/mol. The van der Waals surface area contributed by atoms with E-state index < -0.39 is 0 Å². The molecule has 1 N–H and O–H groups in total. The number of rotatable bonds is 4. The van der Waals surface area contributed by atoms with E-state index in [1.807, 2.05) is 12.1 Å². The van der Waals surface area contributed by atoms with Crippen LogP contribution < -0.4 is 5.32 Å². The van der Waals surface area contributed by atoms with Crippen LogP contribution in [0.5, 0.6) is 0 Å². The lowest BCUT2D eigenvalue weighted by atomic mass is 9.82. The summed E-state index contributed by atoms with van der Waals surface area (Å²) in [6.45, 7) is 12.1. The second-order valence-electron chi connectivity index (χ2n) is 6.18. The standard InChI is InChI=1S/C13H22INO/c1-12(2,3)9-13(4,5)15-8-10-6-7-11(14)16-10/h6-7,15H,8-9H2,1-5H3. The first-order valence-electron chi connectivity index (χ1n) is 5.67. The van der Waals surface area contributed by atoms with Gasteiger partial charge in [-0.25, -0.2) is 0 Å². The summed E-state index contributed by atoms with van der Waals surface area (Å²) in [7, 11) is 0. The van der Waals surface area contributed by atoms with Crippen molar-refractivity contribution in [1.29, 1.82) is 0 Å². The third-order valence-corrected chi connectivity index (χ3v) is 2.92. The van der Waals surface area contributed by atoms with Crippen molar-refractivity contribution < 1.29 is 4.42 Å². The lowest BCUT2D eigenvalue weighted by Crippen LogP contribution is -2.41. The van der Waals surface area contributed by atoms with Gasteiger partial charge in [0.25, 0.3) is 0 Å². The van der Waals surface area contributed by atoms with Crippen LogP contribution in [0.25, 0.3) is 0 Å². The van der Waals surface area contributed by atoms with Crippen molar-refractivity contribution in [3.63, 3.8) is 0 Å². The molecular weight excluding hydrogens is 313 g/mol. The second kappa shape index (κ2) is 5.08. The highest BCUT2D eigenvalue weighted by atomic mass is 127. The van der Waals surface area contributed by atoms with Crippen molar-refractivity contribution >= 4 is 22.6 Å². The Morgan fingerprint density at radius 2 is 1.81 bits per heavy atom. The highest BCUT2D eigenvalue weighted by Crippen LogP contribution is 2.27. The van der Waals surface area contributed by atoms with Crippen LogP contribution in [-0.2, 0) is 6.54 Å². The van der Waals surface area contributed by atoms with Gasteiger partial charge in [-0.1, -0.05) is 20.8 Å². The smallest absolute Gasteiger partial charge is 0.164 e. The summed E-state index contributed by atoms with van der Waals surface area (Å²) >= 11 is 2.19. The van der Waals surface area contributed by atoms with E-state index in [1.54, 1.807) is 0 Å². The Bertz CT molecular complexity index is 336. The molecule has 1 heterocycles. The zero-order chi connectivity index (χ0) is 12.4. The molecule has 1 aromatic heterocycles. The maximum atomic E-state index is 5.53. The van der Waals surface area contributed by atoms with Crippen LogP contribution in [-0.4, -0.2) is 5.54 Å². The Hall–Kier alpha value is -0.0300. The first-order valence-corrected chi connectivity index (χ1v) is 6.75. The molecule has 0 amide bonds. The molecule has 0 aliphatic carbocycles. The summed E-state index contributed by atoms with van der Waals surface area (Å²) in [6.07, 6.45) is 1.14. The van der Waals surface area contributed by atoms with Crippen LogP contribution in [0.15, 0.2) is 16.5 Å². The zero-order valence-corrected chi connectivity index (χ0v) is 13.0. The summed E-state index contributed by atoms with van der Waals surface area (Å²) in [5, 5.41) is 3.55. The molecular formula is C13H22INO. The van der Waals surface area contributed by atoms with E-state index in [9.17, 15) is 0 Å². The molecule has 2 nitrogen and oxygen atoms in total. The average molecular weight is 335 g/mol. The van der Waals surface area contributed by atoms with Crippen molar-refractivity contribution in [3.05, 3.63) is 21.7 Å². The van der Waals surface area contributed by atoms with Gasteiger partial charge in [-0.2, -0.15) is 0 Å². The van der Waals surface area contributed by atoms with Crippen molar-refractivity contribution in [2.24, 2.45) is 5.41 Å². The van der Waals surface area contributed by atoms with Gasteiger partial charge in [0.05, 0.1) is 6.54 Å².